The molecule has 0 radical (unpaired) electrons. The Morgan fingerprint density at radius 2 is 1.85 bits per heavy atom. The summed E-state index contributed by atoms with van der Waals surface area (Å²) >= 11 is 0. The average Bonchev–Trinajstić information content (AvgIpc) is 2.40. The predicted molar refractivity (Wildman–Crippen MR) is 94.6 cm³/mol. The number of hydrogen-bond acceptors (Lipinski definition) is 4. The highest BCUT2D eigenvalue weighted by atomic mass is 31.2. The summed E-state index contributed by atoms with van der Waals surface area (Å²) in [5.41, 5.74) is -1.11. The van der Waals surface area contributed by atoms with Gasteiger partial charge in [0.05, 0.1) is 12.2 Å². The molecule has 1 amide bonds. The molecule has 0 bridgehead atoms. The molecule has 9 heteroatoms. The highest BCUT2D eigenvalue weighted by Gasteiger charge is 2.35. The maximum Gasteiger partial charge on any atom is 0.573 e. The summed E-state index contributed by atoms with van der Waals surface area (Å²) in [6.07, 6.45) is -0.692. The number of amides is 1. The Balaban J connectivity index is 3.47. The zero-order chi connectivity index (χ0) is 20.3. The van der Waals surface area contributed by atoms with Crippen molar-refractivity contribution >= 4 is 24.2 Å². The van der Waals surface area contributed by atoms with Gasteiger partial charge in [-0.2, -0.15) is 0 Å². The van der Waals surface area contributed by atoms with E-state index in [0.29, 0.717) is 0 Å². The van der Waals surface area contributed by atoms with Crippen molar-refractivity contribution in [3.63, 3.8) is 0 Å². The van der Waals surface area contributed by atoms with Crippen LogP contribution < -0.4 is 14.9 Å². The monoisotopic (exact) mass is 391 g/mol. The van der Waals surface area contributed by atoms with Crippen LogP contribution in [0.25, 0.3) is 0 Å². The fourth-order valence-corrected chi connectivity index (χ4v) is 2.79. The van der Waals surface area contributed by atoms with Crippen molar-refractivity contribution in [3.8, 4) is 18.1 Å². The van der Waals surface area contributed by atoms with E-state index in [2.05, 4.69) is 10.7 Å². The van der Waals surface area contributed by atoms with E-state index in [4.69, 9.17) is 11.2 Å². The third kappa shape index (κ3) is 6.64. The van der Waals surface area contributed by atoms with E-state index in [9.17, 15) is 22.5 Å². The Labute approximate surface area is 150 Å². The molecule has 1 aromatic carbocycles. The zero-order valence-corrected chi connectivity index (χ0v) is 16.1. The number of carbonyl (C=O) groups excluding carboxylic acids is 1. The van der Waals surface area contributed by atoms with Crippen LogP contribution in [-0.2, 0) is 9.30 Å². The first-order valence-electron chi connectivity index (χ1n) is 7.53. The normalized spacial score (nSPS) is 12.3. The number of hydrogen-bond donors (Lipinski definition) is 0. The third-order valence-electron chi connectivity index (χ3n) is 2.94. The van der Waals surface area contributed by atoms with E-state index < -0.39 is 30.9 Å². The summed E-state index contributed by atoms with van der Waals surface area (Å²) < 4.78 is 59.8. The molecule has 144 valence electrons. The molecule has 0 aliphatic heterocycles. The molecule has 0 aliphatic carbocycles. The SMILES string of the molecule is C#CCN(C(=O)OC(C)(C)C)c1ccc(P(C)(C)=O)cc1OC(F)(F)F. The molecule has 0 unspecified atom stereocenters. The van der Waals surface area contributed by atoms with Crippen molar-refractivity contribution in [2.45, 2.75) is 32.7 Å². The first-order valence-corrected chi connectivity index (χ1v) is 10.1. The van der Waals surface area contributed by atoms with Crippen molar-refractivity contribution < 1.29 is 32.0 Å². The molecular formula is C17H21F3NO4P. The number of benzene rings is 1. The molecule has 0 heterocycles. The Morgan fingerprint density at radius 1 is 1.27 bits per heavy atom. The largest absolute Gasteiger partial charge is 0.573 e. The minimum atomic E-state index is -5.01. The van der Waals surface area contributed by atoms with Gasteiger partial charge in [0.15, 0.2) is 5.75 Å². The van der Waals surface area contributed by atoms with Crippen LogP contribution in [-0.4, -0.2) is 37.9 Å². The van der Waals surface area contributed by atoms with Crippen LogP contribution in [0, 0.1) is 12.3 Å². The van der Waals surface area contributed by atoms with Crippen LogP contribution >= 0.6 is 7.14 Å². The van der Waals surface area contributed by atoms with Crippen LogP contribution in [0.15, 0.2) is 18.2 Å². The smallest absolute Gasteiger partial charge is 0.443 e. The minimum Gasteiger partial charge on any atom is -0.443 e. The van der Waals surface area contributed by atoms with Crippen LogP contribution in [0.1, 0.15) is 20.8 Å². The molecule has 1 aromatic rings. The third-order valence-corrected chi connectivity index (χ3v) is 4.47. The van der Waals surface area contributed by atoms with Gasteiger partial charge in [-0.3, -0.25) is 4.90 Å². The summed E-state index contributed by atoms with van der Waals surface area (Å²) in [6.45, 7) is 7.32. The van der Waals surface area contributed by atoms with Crippen molar-refractivity contribution in [2.24, 2.45) is 0 Å². The Morgan fingerprint density at radius 3 is 2.27 bits per heavy atom. The summed E-state index contributed by atoms with van der Waals surface area (Å²) in [4.78, 5) is 13.2. The highest BCUT2D eigenvalue weighted by Crippen LogP contribution is 2.40. The van der Waals surface area contributed by atoms with Gasteiger partial charge in [0.1, 0.15) is 12.7 Å². The van der Waals surface area contributed by atoms with Crippen molar-refractivity contribution in [3.05, 3.63) is 18.2 Å². The Kier molecular flexibility index (Phi) is 6.43. The number of terminal acetylenes is 1. The second kappa shape index (κ2) is 7.63. The Bertz CT molecular complexity index is 757. The van der Waals surface area contributed by atoms with Gasteiger partial charge in [-0.1, -0.05) is 5.92 Å². The number of alkyl halides is 3. The number of rotatable bonds is 4. The van der Waals surface area contributed by atoms with Gasteiger partial charge in [-0.25, -0.2) is 4.79 Å². The van der Waals surface area contributed by atoms with E-state index in [1.807, 2.05) is 0 Å². The lowest BCUT2D eigenvalue weighted by atomic mass is 10.2. The Hall–Kier alpha value is -2.13. The van der Waals surface area contributed by atoms with Gasteiger partial charge >= 0.3 is 12.5 Å². The second-order valence-electron chi connectivity index (χ2n) is 6.82. The molecule has 5 nitrogen and oxygen atoms in total. The van der Waals surface area contributed by atoms with Crippen molar-refractivity contribution in [1.82, 2.24) is 0 Å². The van der Waals surface area contributed by atoms with Gasteiger partial charge < -0.3 is 14.0 Å². The minimum absolute atomic E-state index is 0.172. The fourth-order valence-electron chi connectivity index (χ4n) is 1.92. The van der Waals surface area contributed by atoms with Crippen molar-refractivity contribution in [1.29, 1.82) is 0 Å². The van der Waals surface area contributed by atoms with Crippen LogP contribution in [0.5, 0.6) is 5.75 Å². The number of ether oxygens (including phenoxy) is 2. The zero-order valence-electron chi connectivity index (χ0n) is 15.2. The molecule has 0 aliphatic rings. The van der Waals surface area contributed by atoms with E-state index in [1.54, 1.807) is 20.8 Å². The van der Waals surface area contributed by atoms with Crippen LogP contribution in [0.4, 0.5) is 23.7 Å². The van der Waals surface area contributed by atoms with Gasteiger partial charge in [0.25, 0.3) is 0 Å². The maximum absolute atomic E-state index is 12.8. The van der Waals surface area contributed by atoms with Gasteiger partial charge in [0, 0.05) is 5.30 Å². The maximum atomic E-state index is 12.8. The average molecular weight is 391 g/mol. The van der Waals surface area contributed by atoms with E-state index in [0.717, 1.165) is 11.0 Å². The number of carbonyl (C=O) groups is 1. The van der Waals surface area contributed by atoms with Gasteiger partial charge in [0.2, 0.25) is 0 Å². The summed E-state index contributed by atoms with van der Waals surface area (Å²) in [5.74, 6) is 1.52. The lowest BCUT2D eigenvalue weighted by molar-refractivity contribution is -0.274. The summed E-state index contributed by atoms with van der Waals surface area (Å²) in [7, 11) is -2.86. The standard InChI is InChI=1S/C17H21F3NO4P/c1-7-10-21(15(22)25-16(2,3)4)13-9-8-12(26(5,6)23)11-14(13)24-17(18,19)20/h1,8-9,11H,10H2,2-6H3. The molecule has 0 N–H and O–H groups in total. The lowest BCUT2D eigenvalue weighted by Crippen LogP contribution is -2.37. The lowest BCUT2D eigenvalue weighted by Gasteiger charge is -2.28. The van der Waals surface area contributed by atoms with Gasteiger partial charge in [-0.05, 0) is 52.3 Å². The van der Waals surface area contributed by atoms with E-state index >= 15 is 0 Å². The molecular weight excluding hydrogens is 370 g/mol. The molecule has 0 fully saturated rings. The number of halogens is 3. The topological polar surface area (TPSA) is 55.8 Å². The first-order chi connectivity index (χ1) is 11.6. The summed E-state index contributed by atoms with van der Waals surface area (Å²) in [5, 5.41) is 0.172. The molecule has 0 spiro atoms. The van der Waals surface area contributed by atoms with Crippen LogP contribution in [0.2, 0.25) is 0 Å². The quantitative estimate of drug-likeness (QED) is 0.570. The van der Waals surface area contributed by atoms with Gasteiger partial charge in [-0.15, -0.1) is 19.6 Å². The number of anilines is 1. The molecule has 26 heavy (non-hydrogen) atoms. The second-order valence-corrected chi connectivity index (χ2v) is 10.0. The van der Waals surface area contributed by atoms with Crippen molar-refractivity contribution in [2.75, 3.05) is 24.8 Å². The fraction of sp³-hybridized carbons (Fsp3) is 0.471. The van der Waals surface area contributed by atoms with E-state index in [-0.39, 0.29) is 17.5 Å². The molecule has 0 atom stereocenters. The molecule has 1 rings (SSSR count). The molecule has 0 aromatic heterocycles. The molecule has 0 saturated heterocycles. The van der Waals surface area contributed by atoms with E-state index in [1.165, 1.54) is 25.5 Å². The molecule has 0 saturated carbocycles. The number of nitrogens with zero attached hydrogens (tertiary/aromatic N) is 1. The first kappa shape index (κ1) is 21.9. The summed E-state index contributed by atoms with van der Waals surface area (Å²) in [6, 6.07) is 3.57. The predicted octanol–water partition coefficient (Wildman–Crippen LogP) is 4.21. The highest BCUT2D eigenvalue weighted by molar-refractivity contribution is 7.70. The van der Waals surface area contributed by atoms with Crippen LogP contribution in [0.3, 0.4) is 0 Å².